The number of rotatable bonds is 6. The summed E-state index contributed by atoms with van der Waals surface area (Å²) in [4.78, 5) is 22.5. The maximum Gasteiger partial charge on any atom is 0.196 e. The molecule has 0 spiro atoms. The zero-order valence-corrected chi connectivity index (χ0v) is 19.7. The van der Waals surface area contributed by atoms with Gasteiger partial charge in [0.1, 0.15) is 0 Å². The van der Waals surface area contributed by atoms with E-state index in [-0.39, 0.29) is 5.78 Å². The molecule has 3 nitrogen and oxygen atoms in total. The first-order valence-corrected chi connectivity index (χ1v) is 11.2. The van der Waals surface area contributed by atoms with Crippen LogP contribution in [0.3, 0.4) is 0 Å². The average molecular weight is 502 g/mol. The minimum Gasteiger partial charge on any atom is -0.288 e. The van der Waals surface area contributed by atoms with Gasteiger partial charge >= 0.3 is 0 Å². The summed E-state index contributed by atoms with van der Waals surface area (Å²) in [7, 11) is 0. The first-order chi connectivity index (χ1) is 15.4. The molecular weight excluding hydrogens is 486 g/mol. The predicted octanol–water partition coefficient (Wildman–Crippen LogP) is 7.50. The van der Waals surface area contributed by atoms with E-state index in [4.69, 9.17) is 46.4 Å². The third-order valence-corrected chi connectivity index (χ3v) is 6.19. The van der Waals surface area contributed by atoms with E-state index in [9.17, 15) is 4.79 Å². The molecule has 0 radical (unpaired) electrons. The summed E-state index contributed by atoms with van der Waals surface area (Å²) >= 11 is 24.7. The Morgan fingerprint density at radius 1 is 0.656 bits per heavy atom. The van der Waals surface area contributed by atoms with Gasteiger partial charge in [-0.2, -0.15) is 0 Å². The van der Waals surface area contributed by atoms with Crippen molar-refractivity contribution in [3.63, 3.8) is 0 Å². The van der Waals surface area contributed by atoms with Gasteiger partial charge in [0.2, 0.25) is 0 Å². The van der Waals surface area contributed by atoms with Crippen molar-refractivity contribution in [2.45, 2.75) is 12.8 Å². The van der Waals surface area contributed by atoms with E-state index in [0.717, 1.165) is 11.1 Å². The monoisotopic (exact) mass is 500 g/mol. The molecule has 7 heteroatoms. The summed E-state index contributed by atoms with van der Waals surface area (Å²) < 4.78 is 0. The van der Waals surface area contributed by atoms with E-state index in [1.54, 1.807) is 60.9 Å². The van der Waals surface area contributed by atoms with E-state index in [0.29, 0.717) is 55.4 Å². The number of halogens is 4. The number of benzene rings is 2. The Hall–Kier alpha value is -2.43. The molecule has 0 aliphatic heterocycles. The van der Waals surface area contributed by atoms with Gasteiger partial charge in [-0.05, 0) is 59.7 Å². The van der Waals surface area contributed by atoms with Crippen LogP contribution < -0.4 is 0 Å². The molecule has 0 aliphatic rings. The fraction of sp³-hybridized carbons (Fsp3) is 0.0800. The number of aromatic nitrogens is 2. The second kappa shape index (κ2) is 10.0. The minimum absolute atomic E-state index is 0.161. The van der Waals surface area contributed by atoms with Crippen LogP contribution in [0.2, 0.25) is 20.1 Å². The fourth-order valence-corrected chi connectivity index (χ4v) is 4.36. The average Bonchev–Trinajstić information content (AvgIpc) is 2.78. The summed E-state index contributed by atoms with van der Waals surface area (Å²) in [5.41, 5.74) is 3.92. The fourth-order valence-electron chi connectivity index (χ4n) is 3.41. The predicted molar refractivity (Wildman–Crippen MR) is 130 cm³/mol. The third-order valence-electron chi connectivity index (χ3n) is 5.02. The van der Waals surface area contributed by atoms with Gasteiger partial charge in [-0.3, -0.25) is 14.8 Å². The van der Waals surface area contributed by atoms with Gasteiger partial charge in [0.05, 0.1) is 11.4 Å². The molecule has 0 bridgehead atoms. The molecule has 4 rings (SSSR count). The Morgan fingerprint density at radius 2 is 1.09 bits per heavy atom. The first kappa shape index (κ1) is 22.8. The zero-order valence-electron chi connectivity index (χ0n) is 16.7. The van der Waals surface area contributed by atoms with Crippen LogP contribution in [-0.2, 0) is 12.8 Å². The van der Waals surface area contributed by atoms with Gasteiger partial charge in [-0.15, -0.1) is 0 Å². The number of carbonyl (C=O) groups is 1. The molecule has 32 heavy (non-hydrogen) atoms. The van der Waals surface area contributed by atoms with Crippen LogP contribution in [-0.4, -0.2) is 15.8 Å². The van der Waals surface area contributed by atoms with Gasteiger partial charge < -0.3 is 0 Å². The van der Waals surface area contributed by atoms with Crippen LogP contribution >= 0.6 is 46.4 Å². The molecule has 0 amide bonds. The molecule has 2 aromatic heterocycles. The van der Waals surface area contributed by atoms with Crippen molar-refractivity contribution >= 4 is 52.2 Å². The van der Waals surface area contributed by atoms with Crippen LogP contribution in [0.4, 0.5) is 0 Å². The van der Waals surface area contributed by atoms with Gasteiger partial charge in [0.25, 0.3) is 0 Å². The number of ketones is 1. The number of carbonyl (C=O) groups excluding carboxylic acids is 1. The van der Waals surface area contributed by atoms with Crippen molar-refractivity contribution in [3.8, 4) is 0 Å². The summed E-state index contributed by atoms with van der Waals surface area (Å²) in [6.45, 7) is 0. The molecule has 0 saturated carbocycles. The molecule has 0 aliphatic carbocycles. The highest BCUT2D eigenvalue weighted by atomic mass is 35.5. The van der Waals surface area contributed by atoms with Crippen molar-refractivity contribution in [3.05, 3.63) is 127 Å². The molecule has 0 N–H and O–H groups in total. The SMILES string of the molecule is O=C(c1cccnc1Cc1ccc(Cl)cc1Cl)c1cccnc1Cc1ccc(Cl)cc1Cl. The molecule has 0 unspecified atom stereocenters. The maximum atomic E-state index is 13.6. The van der Waals surface area contributed by atoms with Crippen molar-refractivity contribution in [2.75, 3.05) is 0 Å². The quantitative estimate of drug-likeness (QED) is 0.257. The standard InChI is InChI=1S/C25H16Cl4N2O/c26-17-7-5-15(21(28)13-17)11-23-19(3-1-9-30-23)25(32)20-4-2-10-31-24(20)12-16-6-8-18(27)14-22(16)29/h1-10,13-14H,11-12H2. The van der Waals surface area contributed by atoms with E-state index < -0.39 is 0 Å². The number of pyridine rings is 2. The van der Waals surface area contributed by atoms with E-state index in [1.807, 2.05) is 12.1 Å². The van der Waals surface area contributed by atoms with Gasteiger partial charge in [-0.1, -0.05) is 58.5 Å². The maximum absolute atomic E-state index is 13.6. The number of hydrogen-bond acceptors (Lipinski definition) is 3. The van der Waals surface area contributed by atoms with Crippen LogP contribution in [0.5, 0.6) is 0 Å². The van der Waals surface area contributed by atoms with E-state index in [1.165, 1.54) is 0 Å². The Kier molecular flexibility index (Phi) is 7.12. The summed E-state index contributed by atoms with van der Waals surface area (Å²) in [5.74, 6) is -0.161. The highest BCUT2D eigenvalue weighted by Gasteiger charge is 2.20. The van der Waals surface area contributed by atoms with Crippen molar-refractivity contribution in [1.29, 1.82) is 0 Å². The van der Waals surface area contributed by atoms with Gasteiger partial charge in [-0.25, -0.2) is 0 Å². The molecule has 2 aromatic carbocycles. The topological polar surface area (TPSA) is 42.9 Å². The summed E-state index contributed by atoms with van der Waals surface area (Å²) in [6.07, 6.45) is 4.12. The lowest BCUT2D eigenvalue weighted by Gasteiger charge is -2.12. The third kappa shape index (κ3) is 5.13. The Bertz CT molecular complexity index is 1210. The van der Waals surface area contributed by atoms with Crippen molar-refractivity contribution < 1.29 is 4.79 Å². The lowest BCUT2D eigenvalue weighted by atomic mass is 9.95. The molecule has 0 fully saturated rings. The Morgan fingerprint density at radius 3 is 1.50 bits per heavy atom. The Balaban J connectivity index is 1.69. The van der Waals surface area contributed by atoms with Crippen molar-refractivity contribution in [1.82, 2.24) is 9.97 Å². The number of nitrogens with zero attached hydrogens (tertiary/aromatic N) is 2. The molecule has 4 aromatic rings. The second-order valence-corrected chi connectivity index (χ2v) is 8.84. The molecule has 2 heterocycles. The molecule has 0 saturated heterocycles. The highest BCUT2D eigenvalue weighted by molar-refractivity contribution is 6.35. The lowest BCUT2D eigenvalue weighted by Crippen LogP contribution is -2.11. The minimum atomic E-state index is -0.161. The summed E-state index contributed by atoms with van der Waals surface area (Å²) in [6, 6.07) is 17.6. The normalized spacial score (nSPS) is 10.9. The second-order valence-electron chi connectivity index (χ2n) is 7.15. The highest BCUT2D eigenvalue weighted by Crippen LogP contribution is 2.27. The van der Waals surface area contributed by atoms with Crippen LogP contribution in [0.1, 0.15) is 38.4 Å². The molecule has 160 valence electrons. The van der Waals surface area contributed by atoms with Crippen molar-refractivity contribution in [2.24, 2.45) is 0 Å². The van der Waals surface area contributed by atoms with Gasteiger partial charge in [0, 0.05) is 56.5 Å². The largest absolute Gasteiger partial charge is 0.288 e. The van der Waals surface area contributed by atoms with Crippen LogP contribution in [0.15, 0.2) is 73.1 Å². The lowest BCUT2D eigenvalue weighted by molar-refractivity contribution is 0.103. The smallest absolute Gasteiger partial charge is 0.196 e. The molecular formula is C25H16Cl4N2O. The van der Waals surface area contributed by atoms with Crippen LogP contribution in [0.25, 0.3) is 0 Å². The zero-order chi connectivity index (χ0) is 22.7. The number of hydrogen-bond donors (Lipinski definition) is 0. The van der Waals surface area contributed by atoms with Crippen LogP contribution in [0, 0.1) is 0 Å². The van der Waals surface area contributed by atoms with E-state index in [2.05, 4.69) is 9.97 Å². The van der Waals surface area contributed by atoms with Gasteiger partial charge in [0.15, 0.2) is 5.78 Å². The van der Waals surface area contributed by atoms with E-state index >= 15 is 0 Å². The first-order valence-electron chi connectivity index (χ1n) is 9.72. The molecule has 0 atom stereocenters. The Labute approximate surface area is 206 Å². The summed E-state index contributed by atoms with van der Waals surface area (Å²) in [5, 5.41) is 2.16.